The molecule has 3 atom stereocenters. The second kappa shape index (κ2) is 9.19. The van der Waals surface area contributed by atoms with E-state index in [0.29, 0.717) is 10.6 Å². The van der Waals surface area contributed by atoms with Crippen molar-refractivity contribution in [2.45, 2.75) is 50.4 Å². The molecule has 0 spiro atoms. The van der Waals surface area contributed by atoms with Gasteiger partial charge in [-0.3, -0.25) is 4.90 Å². The van der Waals surface area contributed by atoms with E-state index in [2.05, 4.69) is 10.1 Å². The van der Waals surface area contributed by atoms with Gasteiger partial charge in [-0.25, -0.2) is 9.59 Å². The molecule has 190 valence electrons. The Morgan fingerprint density at radius 3 is 2.15 bits per heavy atom. The molecule has 2 heterocycles. The van der Waals surface area contributed by atoms with E-state index in [9.17, 15) is 35.9 Å². The average molecular weight is 517 g/mol. The first-order valence-corrected chi connectivity index (χ1v) is 10.7. The number of hydrogen-bond donors (Lipinski definition) is 1. The van der Waals surface area contributed by atoms with Gasteiger partial charge in [0.1, 0.15) is 11.7 Å². The molecule has 0 amide bonds. The highest BCUT2D eigenvalue weighted by Gasteiger charge is 2.58. The number of alkyl halides is 6. The summed E-state index contributed by atoms with van der Waals surface area (Å²) >= 11 is 5.92. The summed E-state index contributed by atoms with van der Waals surface area (Å²) in [5.74, 6) is -4.65. The molecule has 1 aromatic rings. The highest BCUT2D eigenvalue weighted by Crippen LogP contribution is 2.50. The largest absolute Gasteiger partial charge is 0.490 e. The zero-order valence-electron chi connectivity index (χ0n) is 18.2. The molecule has 0 saturated carbocycles. The standard InChI is InChI=1S/C21H23ClF6N2O4/c1-18(2)11-30(14-9-29-10-15(14)33-16(31)20(23,24)25)8-7-19(18,34-17(32)21(26,27)28)12-3-5-13(22)6-4-12/h3-6,14-15,29H,7-11H2,1-2H3/t14-,15?,19+/m0/s1. The smallest absolute Gasteiger partial charge is 0.453 e. The Bertz CT molecular complexity index is 921. The van der Waals surface area contributed by atoms with E-state index in [1.165, 1.54) is 24.3 Å². The predicted molar refractivity (Wildman–Crippen MR) is 108 cm³/mol. The van der Waals surface area contributed by atoms with Crippen molar-refractivity contribution in [3.8, 4) is 0 Å². The molecule has 2 aliphatic rings. The molecular weight excluding hydrogens is 494 g/mol. The lowest BCUT2D eigenvalue weighted by molar-refractivity contribution is -0.236. The van der Waals surface area contributed by atoms with E-state index < -0.39 is 47.5 Å². The minimum atomic E-state index is -5.22. The molecule has 1 N–H and O–H groups in total. The summed E-state index contributed by atoms with van der Waals surface area (Å²) in [6.07, 6.45) is -11.6. The van der Waals surface area contributed by atoms with Crippen LogP contribution in [0.4, 0.5) is 26.3 Å². The molecule has 2 saturated heterocycles. The van der Waals surface area contributed by atoms with Crippen LogP contribution in [-0.2, 0) is 24.7 Å². The molecule has 0 aromatic heterocycles. The van der Waals surface area contributed by atoms with Gasteiger partial charge in [0.2, 0.25) is 0 Å². The van der Waals surface area contributed by atoms with Crippen LogP contribution >= 0.6 is 11.6 Å². The Kier molecular flexibility index (Phi) is 7.18. The van der Waals surface area contributed by atoms with Gasteiger partial charge in [-0.05, 0) is 17.7 Å². The van der Waals surface area contributed by atoms with Crippen LogP contribution in [0.1, 0.15) is 25.8 Å². The number of likely N-dealkylation sites (tertiary alicyclic amines) is 1. The summed E-state index contributed by atoms with van der Waals surface area (Å²) < 4.78 is 87.2. The molecule has 6 nitrogen and oxygen atoms in total. The number of piperidine rings is 1. The van der Waals surface area contributed by atoms with Crippen molar-refractivity contribution in [2.75, 3.05) is 26.2 Å². The fourth-order valence-corrected chi connectivity index (χ4v) is 4.81. The maximum Gasteiger partial charge on any atom is 0.490 e. The fraction of sp³-hybridized carbons (Fsp3) is 0.619. The van der Waals surface area contributed by atoms with Crippen molar-refractivity contribution in [1.29, 1.82) is 0 Å². The van der Waals surface area contributed by atoms with E-state index in [1.54, 1.807) is 18.7 Å². The zero-order valence-corrected chi connectivity index (χ0v) is 19.0. The molecule has 13 heteroatoms. The average Bonchev–Trinajstić information content (AvgIpc) is 3.16. The van der Waals surface area contributed by atoms with Crippen LogP contribution in [0.2, 0.25) is 5.02 Å². The molecule has 2 fully saturated rings. The van der Waals surface area contributed by atoms with E-state index in [-0.39, 0.29) is 32.6 Å². The van der Waals surface area contributed by atoms with Crippen LogP contribution < -0.4 is 5.32 Å². The van der Waals surface area contributed by atoms with Gasteiger partial charge in [0.25, 0.3) is 0 Å². The number of hydrogen-bond acceptors (Lipinski definition) is 6. The number of carbonyl (C=O) groups is 2. The van der Waals surface area contributed by atoms with Crippen molar-refractivity contribution in [3.63, 3.8) is 0 Å². The van der Waals surface area contributed by atoms with Crippen LogP contribution in [0.3, 0.4) is 0 Å². The highest BCUT2D eigenvalue weighted by molar-refractivity contribution is 6.30. The maximum absolute atomic E-state index is 13.1. The number of nitrogens with one attached hydrogen (secondary N) is 1. The second-order valence-electron chi connectivity index (χ2n) is 8.99. The zero-order chi connectivity index (χ0) is 25.5. The first-order chi connectivity index (χ1) is 15.6. The Morgan fingerprint density at radius 1 is 1.03 bits per heavy atom. The molecule has 34 heavy (non-hydrogen) atoms. The third-order valence-corrected chi connectivity index (χ3v) is 6.59. The number of carbonyl (C=O) groups excluding carboxylic acids is 2. The van der Waals surface area contributed by atoms with Crippen molar-refractivity contribution in [3.05, 3.63) is 34.9 Å². The Balaban J connectivity index is 1.89. The van der Waals surface area contributed by atoms with Crippen LogP contribution in [0.15, 0.2) is 24.3 Å². The summed E-state index contributed by atoms with van der Waals surface area (Å²) in [5.41, 5.74) is -2.50. The van der Waals surface area contributed by atoms with E-state index in [1.807, 2.05) is 0 Å². The lowest BCUT2D eigenvalue weighted by atomic mass is 9.66. The predicted octanol–water partition coefficient (Wildman–Crippen LogP) is 3.82. The Hall–Kier alpha value is -2.05. The van der Waals surface area contributed by atoms with Crippen molar-refractivity contribution < 1.29 is 45.4 Å². The molecule has 0 bridgehead atoms. The molecule has 2 aliphatic heterocycles. The van der Waals surface area contributed by atoms with Crippen LogP contribution in [0, 0.1) is 5.41 Å². The van der Waals surface area contributed by atoms with E-state index >= 15 is 0 Å². The molecule has 3 rings (SSSR count). The second-order valence-corrected chi connectivity index (χ2v) is 9.43. The molecule has 0 aliphatic carbocycles. The molecular formula is C21H23ClF6N2O4. The Morgan fingerprint density at radius 2 is 1.62 bits per heavy atom. The van der Waals surface area contributed by atoms with Crippen molar-refractivity contribution in [2.24, 2.45) is 5.41 Å². The van der Waals surface area contributed by atoms with E-state index in [4.69, 9.17) is 16.3 Å². The van der Waals surface area contributed by atoms with Crippen molar-refractivity contribution in [1.82, 2.24) is 10.2 Å². The Labute approximate surface area is 196 Å². The monoisotopic (exact) mass is 516 g/mol. The maximum atomic E-state index is 13.1. The quantitative estimate of drug-likeness (QED) is 0.485. The number of halogens is 7. The first-order valence-electron chi connectivity index (χ1n) is 10.4. The SMILES string of the molecule is CC1(C)CN([C@H]2CNCC2OC(=O)C(F)(F)F)CC[C@@]1(OC(=O)C(F)(F)F)c1ccc(Cl)cc1. The van der Waals surface area contributed by atoms with Gasteiger partial charge in [0, 0.05) is 43.0 Å². The van der Waals surface area contributed by atoms with Crippen LogP contribution in [0.25, 0.3) is 0 Å². The highest BCUT2D eigenvalue weighted by atomic mass is 35.5. The fourth-order valence-electron chi connectivity index (χ4n) is 4.69. The molecule has 0 radical (unpaired) electrons. The minimum absolute atomic E-state index is 0.00516. The summed E-state index contributed by atoms with van der Waals surface area (Å²) in [6, 6.07) is 5.25. The van der Waals surface area contributed by atoms with Gasteiger partial charge in [-0.1, -0.05) is 37.6 Å². The normalized spacial score (nSPS) is 27.9. The summed E-state index contributed by atoms with van der Waals surface area (Å²) in [5, 5.41) is 3.22. The third kappa shape index (κ3) is 5.28. The minimum Gasteiger partial charge on any atom is -0.453 e. The summed E-state index contributed by atoms with van der Waals surface area (Å²) in [4.78, 5) is 25.0. The van der Waals surface area contributed by atoms with Gasteiger partial charge >= 0.3 is 24.3 Å². The number of esters is 2. The van der Waals surface area contributed by atoms with Crippen molar-refractivity contribution >= 4 is 23.5 Å². The number of nitrogens with zero attached hydrogens (tertiary/aromatic N) is 1. The van der Waals surface area contributed by atoms with Gasteiger partial charge < -0.3 is 14.8 Å². The number of ether oxygens (including phenoxy) is 2. The van der Waals surface area contributed by atoms with Gasteiger partial charge in [0.15, 0.2) is 0 Å². The summed E-state index contributed by atoms with van der Waals surface area (Å²) in [6.45, 7) is 3.54. The lowest BCUT2D eigenvalue weighted by Gasteiger charge is -2.54. The van der Waals surface area contributed by atoms with E-state index in [0.717, 1.165) is 0 Å². The third-order valence-electron chi connectivity index (χ3n) is 6.34. The van der Waals surface area contributed by atoms with Gasteiger partial charge in [-0.2, -0.15) is 26.3 Å². The lowest BCUT2D eigenvalue weighted by Crippen LogP contribution is -2.61. The van der Waals surface area contributed by atoms with Crippen LogP contribution in [0.5, 0.6) is 0 Å². The van der Waals surface area contributed by atoms with Gasteiger partial charge in [-0.15, -0.1) is 0 Å². The first kappa shape index (κ1) is 26.6. The summed E-state index contributed by atoms with van der Waals surface area (Å²) in [7, 11) is 0. The molecule has 1 aromatic carbocycles. The number of rotatable bonds is 4. The van der Waals surface area contributed by atoms with Gasteiger partial charge in [0.05, 0.1) is 6.04 Å². The molecule has 1 unspecified atom stereocenters. The number of benzene rings is 1. The topological polar surface area (TPSA) is 67.9 Å². The van der Waals surface area contributed by atoms with Crippen LogP contribution in [-0.4, -0.2) is 67.5 Å².